The lowest BCUT2D eigenvalue weighted by molar-refractivity contribution is 0.201. The maximum absolute atomic E-state index is 8.92. The molecule has 2 heterocycles. The number of fused-ring (bicyclic) bond motifs is 1. The highest BCUT2D eigenvalue weighted by Crippen LogP contribution is 2.44. The van der Waals surface area contributed by atoms with Gasteiger partial charge in [-0.05, 0) is 42.1 Å². The van der Waals surface area contributed by atoms with Crippen LogP contribution in [-0.4, -0.2) is 54.8 Å². The number of likely N-dealkylation sites (tertiary alicyclic amines) is 2. The van der Waals surface area contributed by atoms with Gasteiger partial charge in [0.1, 0.15) is 12.4 Å². The second-order valence-corrected chi connectivity index (χ2v) is 7.63. The molecule has 2 aromatic rings. The molecule has 26 heavy (non-hydrogen) atoms. The van der Waals surface area contributed by atoms with Gasteiger partial charge in [-0.1, -0.05) is 42.5 Å². The van der Waals surface area contributed by atoms with Gasteiger partial charge in [0.2, 0.25) is 0 Å². The predicted molar refractivity (Wildman–Crippen MR) is 103 cm³/mol. The molecule has 0 radical (unpaired) electrons. The number of hydrogen-bond donors (Lipinski definition) is 1. The van der Waals surface area contributed by atoms with Gasteiger partial charge in [-0.15, -0.1) is 0 Å². The molecule has 2 aromatic carbocycles. The van der Waals surface area contributed by atoms with Gasteiger partial charge < -0.3 is 9.84 Å². The molecule has 2 aliphatic rings. The molecule has 0 aliphatic carbocycles. The molecule has 4 rings (SSSR count). The van der Waals surface area contributed by atoms with E-state index in [4.69, 9.17) is 9.84 Å². The van der Waals surface area contributed by atoms with Crippen LogP contribution in [0.25, 0.3) is 0 Å². The molecule has 0 unspecified atom stereocenters. The SMILES string of the molecule is CN1C[C@H]2CN(Cc3cccc(OCCO)c3)C[C@H]2[C@@H]1c1ccccc1. The lowest BCUT2D eigenvalue weighted by Crippen LogP contribution is -2.28. The van der Waals surface area contributed by atoms with Gasteiger partial charge in [-0.25, -0.2) is 0 Å². The molecule has 0 amide bonds. The minimum atomic E-state index is 0.0497. The minimum Gasteiger partial charge on any atom is -0.491 e. The Balaban J connectivity index is 1.43. The van der Waals surface area contributed by atoms with Crippen LogP contribution in [0.4, 0.5) is 0 Å². The Labute approximate surface area is 156 Å². The zero-order valence-electron chi connectivity index (χ0n) is 15.4. The van der Waals surface area contributed by atoms with Crippen molar-refractivity contribution in [3.8, 4) is 5.75 Å². The fourth-order valence-electron chi connectivity index (χ4n) is 4.79. The first-order chi connectivity index (χ1) is 12.7. The van der Waals surface area contributed by atoms with E-state index in [2.05, 4.69) is 59.3 Å². The van der Waals surface area contributed by atoms with Gasteiger partial charge >= 0.3 is 0 Å². The van der Waals surface area contributed by atoms with E-state index in [1.54, 1.807) is 0 Å². The summed E-state index contributed by atoms with van der Waals surface area (Å²) in [6.45, 7) is 4.86. The van der Waals surface area contributed by atoms with E-state index >= 15 is 0 Å². The number of aliphatic hydroxyl groups excluding tert-OH is 1. The van der Waals surface area contributed by atoms with Crippen LogP contribution in [0, 0.1) is 11.8 Å². The molecule has 0 saturated carbocycles. The molecule has 0 bridgehead atoms. The van der Waals surface area contributed by atoms with Crippen LogP contribution >= 0.6 is 0 Å². The van der Waals surface area contributed by atoms with Crippen LogP contribution < -0.4 is 4.74 Å². The van der Waals surface area contributed by atoms with Crippen LogP contribution in [0.15, 0.2) is 54.6 Å². The lowest BCUT2D eigenvalue weighted by atomic mass is 9.90. The highest BCUT2D eigenvalue weighted by atomic mass is 16.5. The maximum Gasteiger partial charge on any atom is 0.119 e. The zero-order chi connectivity index (χ0) is 17.9. The van der Waals surface area contributed by atoms with Gasteiger partial charge in [-0.3, -0.25) is 9.80 Å². The molecule has 2 aliphatic heterocycles. The Hall–Kier alpha value is -1.88. The first-order valence-electron chi connectivity index (χ1n) is 9.55. The van der Waals surface area contributed by atoms with E-state index < -0.39 is 0 Å². The summed E-state index contributed by atoms with van der Waals surface area (Å²) in [5, 5.41) is 8.92. The average Bonchev–Trinajstić information content (AvgIpc) is 3.16. The molecule has 4 heteroatoms. The summed E-state index contributed by atoms with van der Waals surface area (Å²) in [5.41, 5.74) is 2.73. The number of nitrogens with zero attached hydrogens (tertiary/aromatic N) is 2. The van der Waals surface area contributed by atoms with E-state index in [1.807, 2.05) is 12.1 Å². The van der Waals surface area contributed by atoms with Crippen molar-refractivity contribution in [2.45, 2.75) is 12.6 Å². The second-order valence-electron chi connectivity index (χ2n) is 7.63. The number of benzene rings is 2. The Morgan fingerprint density at radius 3 is 2.69 bits per heavy atom. The molecule has 3 atom stereocenters. The number of rotatable bonds is 6. The van der Waals surface area contributed by atoms with Crippen LogP contribution in [0.5, 0.6) is 5.75 Å². The van der Waals surface area contributed by atoms with Crippen molar-refractivity contribution in [1.29, 1.82) is 0 Å². The minimum absolute atomic E-state index is 0.0497. The van der Waals surface area contributed by atoms with Crippen LogP contribution in [-0.2, 0) is 6.54 Å². The van der Waals surface area contributed by atoms with Crippen molar-refractivity contribution in [3.63, 3.8) is 0 Å². The monoisotopic (exact) mass is 352 g/mol. The fourth-order valence-corrected chi connectivity index (χ4v) is 4.79. The van der Waals surface area contributed by atoms with Crippen LogP contribution in [0.2, 0.25) is 0 Å². The summed E-state index contributed by atoms with van der Waals surface area (Å²) in [7, 11) is 2.27. The van der Waals surface area contributed by atoms with Crippen LogP contribution in [0.3, 0.4) is 0 Å². The summed E-state index contributed by atoms with van der Waals surface area (Å²) in [6, 6.07) is 19.8. The molecule has 0 aromatic heterocycles. The van der Waals surface area contributed by atoms with E-state index in [0.717, 1.165) is 24.8 Å². The molecular formula is C22H28N2O2. The summed E-state index contributed by atoms with van der Waals surface area (Å²) in [6.07, 6.45) is 0. The number of hydrogen-bond acceptors (Lipinski definition) is 4. The highest BCUT2D eigenvalue weighted by Gasteiger charge is 2.45. The number of ether oxygens (including phenoxy) is 1. The quantitative estimate of drug-likeness (QED) is 0.867. The standard InChI is InChI=1S/C22H28N2O2/c1-23-14-19-15-24(13-17-6-5-9-20(12-17)26-11-10-25)16-21(19)22(23)18-7-3-2-4-8-18/h2-9,12,19,21-22,25H,10-11,13-16H2,1H3/t19-,21+,22-/m0/s1. The van der Waals surface area contributed by atoms with Gasteiger partial charge in [0, 0.05) is 32.2 Å². The normalized spacial score (nSPS) is 26.2. The Bertz CT molecular complexity index is 721. The zero-order valence-corrected chi connectivity index (χ0v) is 15.4. The molecule has 2 saturated heterocycles. The Morgan fingerprint density at radius 2 is 1.88 bits per heavy atom. The average molecular weight is 352 g/mol. The van der Waals surface area contributed by atoms with E-state index in [0.29, 0.717) is 18.6 Å². The third-order valence-corrected chi connectivity index (χ3v) is 5.78. The lowest BCUT2D eigenvalue weighted by Gasteiger charge is -2.27. The van der Waals surface area contributed by atoms with E-state index in [1.165, 1.54) is 24.2 Å². The van der Waals surface area contributed by atoms with Crippen molar-refractivity contribution >= 4 is 0 Å². The van der Waals surface area contributed by atoms with Crippen molar-refractivity contribution < 1.29 is 9.84 Å². The van der Waals surface area contributed by atoms with E-state index in [-0.39, 0.29) is 6.61 Å². The number of aliphatic hydroxyl groups is 1. The maximum atomic E-state index is 8.92. The third-order valence-electron chi connectivity index (χ3n) is 5.78. The summed E-state index contributed by atoms with van der Waals surface area (Å²) >= 11 is 0. The second kappa shape index (κ2) is 7.78. The third kappa shape index (κ3) is 3.63. The van der Waals surface area contributed by atoms with Crippen LogP contribution in [0.1, 0.15) is 17.2 Å². The summed E-state index contributed by atoms with van der Waals surface area (Å²) in [4.78, 5) is 5.12. The van der Waals surface area contributed by atoms with Crippen molar-refractivity contribution in [1.82, 2.24) is 9.80 Å². The highest BCUT2D eigenvalue weighted by molar-refractivity contribution is 5.29. The summed E-state index contributed by atoms with van der Waals surface area (Å²) < 4.78 is 5.55. The fraction of sp³-hybridized carbons (Fsp3) is 0.455. The van der Waals surface area contributed by atoms with Crippen molar-refractivity contribution in [2.75, 3.05) is 39.9 Å². The molecule has 0 spiro atoms. The smallest absolute Gasteiger partial charge is 0.119 e. The Morgan fingerprint density at radius 1 is 1.04 bits per heavy atom. The molecular weight excluding hydrogens is 324 g/mol. The van der Waals surface area contributed by atoms with Gasteiger partial charge in [0.05, 0.1) is 6.61 Å². The van der Waals surface area contributed by atoms with Crippen molar-refractivity contribution in [3.05, 3.63) is 65.7 Å². The molecule has 1 N–H and O–H groups in total. The first kappa shape index (κ1) is 17.5. The Kier molecular flexibility index (Phi) is 5.25. The predicted octanol–water partition coefficient (Wildman–Crippen LogP) is 2.79. The van der Waals surface area contributed by atoms with Gasteiger partial charge in [0.15, 0.2) is 0 Å². The largest absolute Gasteiger partial charge is 0.491 e. The van der Waals surface area contributed by atoms with Gasteiger partial charge in [0.25, 0.3) is 0 Å². The molecule has 2 fully saturated rings. The molecule has 4 nitrogen and oxygen atoms in total. The molecule has 138 valence electrons. The topological polar surface area (TPSA) is 35.9 Å². The van der Waals surface area contributed by atoms with Gasteiger partial charge in [-0.2, -0.15) is 0 Å². The van der Waals surface area contributed by atoms with E-state index in [9.17, 15) is 0 Å². The summed E-state index contributed by atoms with van der Waals surface area (Å²) in [5.74, 6) is 2.30. The first-order valence-corrected chi connectivity index (χ1v) is 9.55. The van der Waals surface area contributed by atoms with Crippen molar-refractivity contribution in [2.24, 2.45) is 11.8 Å².